The summed E-state index contributed by atoms with van der Waals surface area (Å²) in [6.07, 6.45) is 1.09. The van der Waals surface area contributed by atoms with Crippen molar-refractivity contribution in [2.24, 2.45) is 4.99 Å². The van der Waals surface area contributed by atoms with E-state index in [-0.39, 0.29) is 5.56 Å². The number of hydrogen-bond acceptors (Lipinski definition) is 8. The summed E-state index contributed by atoms with van der Waals surface area (Å²) in [5, 5.41) is 31.7. The normalized spacial score (nSPS) is 10.6. The van der Waals surface area contributed by atoms with Crippen molar-refractivity contribution >= 4 is 23.3 Å². The highest BCUT2D eigenvalue weighted by Gasteiger charge is 2.23. The molecule has 0 spiro atoms. The quantitative estimate of drug-likeness (QED) is 0.481. The first-order valence-corrected chi connectivity index (χ1v) is 6.79. The van der Waals surface area contributed by atoms with Crippen LogP contribution in [0.2, 0.25) is 0 Å². The average molecular weight is 347 g/mol. The van der Waals surface area contributed by atoms with Gasteiger partial charge in [0.05, 0.1) is 35.8 Å². The average Bonchev–Trinajstić information content (AvgIpc) is 2.59. The molecule has 1 N–H and O–H groups in total. The molecule has 0 bridgehead atoms. The summed E-state index contributed by atoms with van der Waals surface area (Å²) in [4.78, 5) is 24.2. The smallest absolute Gasteiger partial charge is 0.318 e. The highest BCUT2D eigenvalue weighted by atomic mass is 16.6. The standard InChI is InChI=1S/C15H13N3O7/c1-24-13-4-3-10(6-14(13)25-2)16-8-9-5-11(17(20)21)7-12(15(9)19)18(22)23/h3-8,19H,1-2H3. The zero-order valence-electron chi connectivity index (χ0n) is 13.2. The van der Waals surface area contributed by atoms with Crippen LogP contribution in [0.25, 0.3) is 0 Å². The van der Waals surface area contributed by atoms with Crippen LogP contribution >= 0.6 is 0 Å². The molecule has 0 aliphatic heterocycles. The van der Waals surface area contributed by atoms with Gasteiger partial charge in [-0.05, 0) is 12.1 Å². The van der Waals surface area contributed by atoms with Gasteiger partial charge in [-0.1, -0.05) is 0 Å². The number of aromatic hydroxyl groups is 1. The number of phenolic OH excluding ortho intramolecular Hbond substituents is 1. The molecule has 10 heteroatoms. The summed E-state index contributed by atoms with van der Waals surface area (Å²) in [6.45, 7) is 0. The third kappa shape index (κ3) is 3.80. The van der Waals surface area contributed by atoms with Crippen LogP contribution < -0.4 is 9.47 Å². The number of nitrogens with zero attached hydrogens (tertiary/aromatic N) is 3. The number of rotatable bonds is 6. The molecule has 0 aliphatic rings. The maximum Gasteiger partial charge on any atom is 0.318 e. The van der Waals surface area contributed by atoms with Crippen LogP contribution in [0, 0.1) is 20.2 Å². The molecule has 0 radical (unpaired) electrons. The van der Waals surface area contributed by atoms with Gasteiger partial charge >= 0.3 is 5.69 Å². The third-order valence-electron chi connectivity index (χ3n) is 3.23. The van der Waals surface area contributed by atoms with E-state index in [1.54, 1.807) is 12.1 Å². The molecule has 0 amide bonds. The Morgan fingerprint density at radius 1 is 1.04 bits per heavy atom. The van der Waals surface area contributed by atoms with Crippen molar-refractivity contribution < 1.29 is 24.4 Å². The topological polar surface area (TPSA) is 137 Å². The molecule has 0 heterocycles. The van der Waals surface area contributed by atoms with Gasteiger partial charge in [-0.25, -0.2) is 0 Å². The molecule has 2 aromatic rings. The second-order valence-corrected chi connectivity index (χ2v) is 4.71. The van der Waals surface area contributed by atoms with Crippen molar-refractivity contribution in [1.29, 1.82) is 0 Å². The molecule has 0 saturated heterocycles. The summed E-state index contributed by atoms with van der Waals surface area (Å²) in [5.74, 6) is 0.182. The lowest BCUT2D eigenvalue weighted by Crippen LogP contribution is -1.96. The van der Waals surface area contributed by atoms with Gasteiger partial charge in [0.15, 0.2) is 11.5 Å². The Bertz CT molecular complexity index is 864. The largest absolute Gasteiger partial charge is 0.502 e. The molecule has 0 unspecified atom stereocenters. The molecule has 0 saturated carbocycles. The summed E-state index contributed by atoms with van der Waals surface area (Å²) < 4.78 is 10.2. The van der Waals surface area contributed by atoms with Gasteiger partial charge < -0.3 is 14.6 Å². The summed E-state index contributed by atoms with van der Waals surface area (Å²) in [7, 11) is 2.92. The summed E-state index contributed by atoms with van der Waals surface area (Å²) >= 11 is 0. The summed E-state index contributed by atoms with van der Waals surface area (Å²) in [6, 6.07) is 6.40. The fraction of sp³-hybridized carbons (Fsp3) is 0.133. The minimum absolute atomic E-state index is 0.157. The second kappa shape index (κ2) is 7.25. The van der Waals surface area contributed by atoms with Crippen molar-refractivity contribution in [3.8, 4) is 17.2 Å². The van der Waals surface area contributed by atoms with Crippen molar-refractivity contribution in [2.45, 2.75) is 0 Å². The fourth-order valence-corrected chi connectivity index (χ4v) is 2.02. The minimum atomic E-state index is -0.907. The van der Waals surface area contributed by atoms with Gasteiger partial charge in [-0.2, -0.15) is 0 Å². The Morgan fingerprint density at radius 3 is 2.28 bits per heavy atom. The van der Waals surface area contributed by atoms with Crippen molar-refractivity contribution in [2.75, 3.05) is 14.2 Å². The van der Waals surface area contributed by atoms with Crippen LogP contribution in [0.1, 0.15) is 5.56 Å². The van der Waals surface area contributed by atoms with Gasteiger partial charge in [0.25, 0.3) is 5.69 Å². The van der Waals surface area contributed by atoms with E-state index in [4.69, 9.17) is 9.47 Å². The minimum Gasteiger partial charge on any atom is -0.502 e. The van der Waals surface area contributed by atoms with E-state index < -0.39 is 27.0 Å². The van der Waals surface area contributed by atoms with E-state index in [0.29, 0.717) is 23.3 Å². The number of hydrogen-bond donors (Lipinski definition) is 1. The van der Waals surface area contributed by atoms with Gasteiger partial charge in [0.2, 0.25) is 5.75 Å². The molecule has 10 nitrogen and oxygen atoms in total. The number of nitro groups is 2. The lowest BCUT2D eigenvalue weighted by molar-refractivity contribution is -0.394. The third-order valence-corrected chi connectivity index (χ3v) is 3.23. The Morgan fingerprint density at radius 2 is 1.72 bits per heavy atom. The number of methoxy groups -OCH3 is 2. The van der Waals surface area contributed by atoms with Crippen LogP contribution in [0.3, 0.4) is 0 Å². The molecular formula is C15H13N3O7. The van der Waals surface area contributed by atoms with Crippen molar-refractivity contribution in [1.82, 2.24) is 0 Å². The van der Waals surface area contributed by atoms with Crippen LogP contribution in [-0.4, -0.2) is 35.4 Å². The first-order chi connectivity index (χ1) is 11.9. The molecule has 0 aromatic heterocycles. The zero-order valence-corrected chi connectivity index (χ0v) is 13.2. The Labute approximate surface area is 141 Å². The Kier molecular flexibility index (Phi) is 5.12. The lowest BCUT2D eigenvalue weighted by Gasteiger charge is -2.07. The number of benzene rings is 2. The molecule has 130 valence electrons. The van der Waals surface area contributed by atoms with Crippen LogP contribution in [0.5, 0.6) is 17.2 Å². The second-order valence-electron chi connectivity index (χ2n) is 4.71. The zero-order chi connectivity index (χ0) is 18.6. The molecule has 25 heavy (non-hydrogen) atoms. The van der Waals surface area contributed by atoms with E-state index in [2.05, 4.69) is 4.99 Å². The predicted molar refractivity (Wildman–Crippen MR) is 88.2 cm³/mol. The number of non-ortho nitro benzene ring substituents is 1. The molecule has 0 aliphatic carbocycles. The van der Waals surface area contributed by atoms with Gasteiger partial charge in [0, 0.05) is 23.9 Å². The molecule has 0 fully saturated rings. The van der Waals surface area contributed by atoms with Gasteiger partial charge in [-0.3, -0.25) is 25.2 Å². The molecule has 0 atom stereocenters. The van der Waals surface area contributed by atoms with E-state index in [1.807, 2.05) is 0 Å². The maximum absolute atomic E-state index is 10.9. The maximum atomic E-state index is 10.9. The van der Waals surface area contributed by atoms with E-state index in [0.717, 1.165) is 12.3 Å². The molecule has 2 aromatic carbocycles. The van der Waals surface area contributed by atoms with Crippen LogP contribution in [0.15, 0.2) is 35.3 Å². The number of nitro benzene ring substituents is 2. The van der Waals surface area contributed by atoms with E-state index in [9.17, 15) is 25.3 Å². The predicted octanol–water partition coefficient (Wildman–Crippen LogP) is 2.98. The van der Waals surface area contributed by atoms with E-state index >= 15 is 0 Å². The molecular weight excluding hydrogens is 334 g/mol. The summed E-state index contributed by atoms with van der Waals surface area (Å²) in [5.41, 5.74) is -1.07. The fourth-order valence-electron chi connectivity index (χ4n) is 2.02. The molecule has 2 rings (SSSR count). The Balaban J connectivity index is 2.47. The van der Waals surface area contributed by atoms with Crippen LogP contribution in [-0.2, 0) is 0 Å². The highest BCUT2D eigenvalue weighted by Crippen LogP contribution is 2.34. The van der Waals surface area contributed by atoms with E-state index in [1.165, 1.54) is 20.3 Å². The van der Waals surface area contributed by atoms with Gasteiger partial charge in [-0.15, -0.1) is 0 Å². The SMILES string of the molecule is COc1ccc(N=Cc2cc([N+](=O)[O-])cc([N+](=O)[O-])c2O)cc1OC. The van der Waals surface area contributed by atoms with Gasteiger partial charge in [0.1, 0.15) is 0 Å². The first-order valence-electron chi connectivity index (χ1n) is 6.79. The van der Waals surface area contributed by atoms with Crippen molar-refractivity contribution in [3.63, 3.8) is 0 Å². The Hall–Kier alpha value is -3.69. The number of aliphatic imine (C=N–C) groups is 1. The monoisotopic (exact) mass is 347 g/mol. The highest BCUT2D eigenvalue weighted by molar-refractivity contribution is 5.88. The lowest BCUT2D eigenvalue weighted by atomic mass is 10.1. The van der Waals surface area contributed by atoms with Crippen LogP contribution in [0.4, 0.5) is 17.1 Å². The van der Waals surface area contributed by atoms with Crippen molar-refractivity contribution in [3.05, 3.63) is 56.1 Å². The first kappa shape index (κ1) is 17.7. The number of phenols is 1. The number of ether oxygens (including phenoxy) is 2.